The Morgan fingerprint density at radius 1 is 0.517 bits per heavy atom. The predicted octanol–water partition coefficient (Wildman–Crippen LogP) is 11.0. The second-order valence-electron chi connectivity index (χ2n) is 23.1. The standard InChI is InChI=1S/C49H94N8O/c1-18-22-27-54(37-31-44(5,6)40(25-30-58)45(7,8)32-37)41-50-42(55(28-23-19-2)38-33-46(9,10)53(17)47(11,12)34-38)52-43(51-41)56(29-24-20-3)39-35-48(13,14)57(26-21-4)49(15,16)36-39/h37-40,58H,18-36H2,1-17H3. The highest BCUT2D eigenvalue weighted by Crippen LogP contribution is 2.54. The Kier molecular flexibility index (Phi) is 16.1. The Balaban J connectivity index is 1.97. The van der Waals surface area contributed by atoms with Crippen molar-refractivity contribution in [1.82, 2.24) is 24.8 Å². The molecule has 0 unspecified atom stereocenters. The van der Waals surface area contributed by atoms with Gasteiger partial charge in [-0.15, -0.1) is 0 Å². The van der Waals surface area contributed by atoms with E-state index in [1.54, 1.807) is 0 Å². The number of unbranched alkanes of at least 4 members (excludes halogenated alkanes) is 3. The number of likely N-dealkylation sites (tertiary alicyclic amines) is 2. The molecule has 1 saturated carbocycles. The van der Waals surface area contributed by atoms with Crippen LogP contribution in [0.3, 0.4) is 0 Å². The quantitative estimate of drug-likeness (QED) is 0.147. The van der Waals surface area contributed by atoms with Crippen LogP contribution >= 0.6 is 0 Å². The normalized spacial score (nSPS) is 25.8. The summed E-state index contributed by atoms with van der Waals surface area (Å²) >= 11 is 0. The maximum absolute atomic E-state index is 10.2. The highest BCUT2D eigenvalue weighted by Gasteiger charge is 2.50. The van der Waals surface area contributed by atoms with Crippen LogP contribution < -0.4 is 14.7 Å². The van der Waals surface area contributed by atoms with Crippen molar-refractivity contribution in [1.29, 1.82) is 0 Å². The van der Waals surface area contributed by atoms with Gasteiger partial charge in [0.2, 0.25) is 17.8 Å². The van der Waals surface area contributed by atoms with Crippen molar-refractivity contribution in [3.63, 3.8) is 0 Å². The van der Waals surface area contributed by atoms with Crippen LogP contribution in [0, 0.1) is 16.7 Å². The topological polar surface area (TPSA) is 75.1 Å². The second kappa shape index (κ2) is 19.1. The Labute approximate surface area is 358 Å². The molecule has 1 aromatic rings. The van der Waals surface area contributed by atoms with Gasteiger partial charge in [-0.25, -0.2) is 0 Å². The van der Waals surface area contributed by atoms with Crippen molar-refractivity contribution in [3.8, 4) is 0 Å². The molecule has 4 rings (SSSR count). The summed E-state index contributed by atoms with van der Waals surface area (Å²) in [7, 11) is 2.32. The van der Waals surface area contributed by atoms with Crippen molar-refractivity contribution >= 4 is 17.8 Å². The summed E-state index contributed by atoms with van der Waals surface area (Å²) in [5, 5.41) is 10.2. The van der Waals surface area contributed by atoms with Gasteiger partial charge in [0.05, 0.1) is 0 Å². The first kappa shape index (κ1) is 49.0. The van der Waals surface area contributed by atoms with Gasteiger partial charge in [-0.2, -0.15) is 15.0 Å². The lowest BCUT2D eigenvalue weighted by Crippen LogP contribution is -2.64. The first-order valence-corrected chi connectivity index (χ1v) is 24.1. The van der Waals surface area contributed by atoms with E-state index in [4.69, 9.17) is 15.0 Å². The zero-order valence-corrected chi connectivity index (χ0v) is 41.3. The lowest BCUT2D eigenvalue weighted by molar-refractivity contribution is -0.0358. The summed E-state index contributed by atoms with van der Waals surface area (Å²) in [6, 6.07) is 0.957. The highest BCUT2D eigenvalue weighted by atomic mass is 16.3. The Morgan fingerprint density at radius 3 is 1.16 bits per heavy atom. The third-order valence-corrected chi connectivity index (χ3v) is 15.4. The molecule has 9 heteroatoms. The van der Waals surface area contributed by atoms with Crippen molar-refractivity contribution in [2.45, 2.75) is 241 Å². The van der Waals surface area contributed by atoms with Gasteiger partial charge in [-0.05, 0) is 156 Å². The highest BCUT2D eigenvalue weighted by molar-refractivity contribution is 5.49. The molecule has 0 spiro atoms. The molecule has 2 aliphatic heterocycles. The predicted molar refractivity (Wildman–Crippen MR) is 249 cm³/mol. The minimum Gasteiger partial charge on any atom is -0.396 e. The number of aromatic nitrogens is 3. The molecule has 1 aromatic heterocycles. The SMILES string of the molecule is CCCCN(c1nc(N(CCCC)C2CC(C)(C)N(C)C(C)(C)C2)nc(N(CCCC)C2CC(C)(C)N(CCC)C(C)(C)C2)n1)C1CC(C)(C)C(CCO)C(C)(C)C1. The van der Waals surface area contributed by atoms with Crippen LogP contribution in [0.1, 0.15) is 201 Å². The van der Waals surface area contributed by atoms with E-state index in [0.29, 0.717) is 24.0 Å². The first-order chi connectivity index (χ1) is 26.9. The van der Waals surface area contributed by atoms with E-state index in [1.165, 1.54) is 6.42 Å². The Hall–Kier alpha value is -1.71. The fourth-order valence-electron chi connectivity index (χ4n) is 12.7. The third kappa shape index (κ3) is 11.0. The minimum atomic E-state index is 0.0455. The second-order valence-corrected chi connectivity index (χ2v) is 23.1. The van der Waals surface area contributed by atoms with Crippen LogP contribution in [0.4, 0.5) is 17.8 Å². The van der Waals surface area contributed by atoms with E-state index in [1.807, 2.05) is 0 Å². The summed E-state index contributed by atoms with van der Waals surface area (Å²) in [5.41, 5.74) is 0.359. The number of aliphatic hydroxyl groups excluding tert-OH is 1. The van der Waals surface area contributed by atoms with Crippen molar-refractivity contribution in [2.75, 3.05) is 54.5 Å². The van der Waals surface area contributed by atoms with E-state index in [9.17, 15) is 5.11 Å². The average molecular weight is 811 g/mol. The molecular formula is C49H94N8O. The molecule has 2 saturated heterocycles. The number of hydrogen-bond acceptors (Lipinski definition) is 9. The molecule has 0 radical (unpaired) electrons. The van der Waals surface area contributed by atoms with Gasteiger partial charge in [0, 0.05) is 66.5 Å². The molecule has 3 aliphatic rings. The van der Waals surface area contributed by atoms with Gasteiger partial charge in [0.1, 0.15) is 0 Å². The molecule has 0 bridgehead atoms. The van der Waals surface area contributed by atoms with Gasteiger partial charge >= 0.3 is 0 Å². The van der Waals surface area contributed by atoms with Gasteiger partial charge in [0.25, 0.3) is 0 Å². The smallest absolute Gasteiger partial charge is 0.232 e. The lowest BCUT2D eigenvalue weighted by atomic mass is 9.55. The summed E-state index contributed by atoms with van der Waals surface area (Å²) in [4.78, 5) is 30.4. The number of piperidine rings is 2. The summed E-state index contributed by atoms with van der Waals surface area (Å²) in [6.45, 7) is 42.8. The molecule has 3 fully saturated rings. The summed E-state index contributed by atoms with van der Waals surface area (Å²) in [6.07, 6.45) is 15.2. The van der Waals surface area contributed by atoms with Crippen LogP contribution in [0.5, 0.6) is 0 Å². The first-order valence-electron chi connectivity index (χ1n) is 24.1. The molecule has 58 heavy (non-hydrogen) atoms. The molecule has 1 N–H and O–H groups in total. The molecule has 1 aliphatic carbocycles. The van der Waals surface area contributed by atoms with Crippen LogP contribution in [-0.2, 0) is 0 Å². The van der Waals surface area contributed by atoms with E-state index < -0.39 is 0 Å². The monoisotopic (exact) mass is 811 g/mol. The minimum absolute atomic E-state index is 0.0455. The van der Waals surface area contributed by atoms with E-state index >= 15 is 0 Å². The molecule has 0 atom stereocenters. The van der Waals surface area contributed by atoms with Crippen LogP contribution in [-0.4, -0.2) is 110 Å². The van der Waals surface area contributed by atoms with Crippen LogP contribution in [0.15, 0.2) is 0 Å². The number of anilines is 3. The number of aliphatic hydroxyl groups is 1. The maximum atomic E-state index is 10.2. The zero-order valence-electron chi connectivity index (χ0n) is 41.3. The van der Waals surface area contributed by atoms with Crippen molar-refractivity contribution in [2.24, 2.45) is 16.7 Å². The molecule has 336 valence electrons. The van der Waals surface area contributed by atoms with Crippen molar-refractivity contribution < 1.29 is 5.11 Å². The van der Waals surface area contributed by atoms with Gasteiger partial charge in [0.15, 0.2) is 0 Å². The van der Waals surface area contributed by atoms with Gasteiger partial charge < -0.3 is 19.8 Å². The largest absolute Gasteiger partial charge is 0.396 e. The van der Waals surface area contributed by atoms with E-state index in [2.05, 4.69) is 142 Å². The van der Waals surface area contributed by atoms with Gasteiger partial charge in [-0.1, -0.05) is 74.7 Å². The fraction of sp³-hybridized carbons (Fsp3) is 0.939. The zero-order chi connectivity index (χ0) is 43.5. The third-order valence-electron chi connectivity index (χ3n) is 15.4. The number of nitrogens with zero attached hydrogens (tertiary/aromatic N) is 8. The molecule has 0 amide bonds. The number of rotatable bonds is 19. The molecular weight excluding hydrogens is 717 g/mol. The van der Waals surface area contributed by atoms with Gasteiger partial charge in [-0.3, -0.25) is 9.80 Å². The van der Waals surface area contributed by atoms with E-state index in [0.717, 1.165) is 127 Å². The van der Waals surface area contributed by atoms with Crippen LogP contribution in [0.25, 0.3) is 0 Å². The van der Waals surface area contributed by atoms with E-state index in [-0.39, 0.29) is 39.6 Å². The number of hydrogen-bond donors (Lipinski definition) is 1. The Bertz CT molecular complexity index is 1310. The Morgan fingerprint density at radius 2 is 0.845 bits per heavy atom. The molecule has 0 aromatic carbocycles. The maximum Gasteiger partial charge on any atom is 0.232 e. The average Bonchev–Trinajstić information content (AvgIpc) is 3.10. The molecule has 3 heterocycles. The summed E-state index contributed by atoms with van der Waals surface area (Å²) in [5.74, 6) is 3.10. The molecule has 9 nitrogen and oxygen atoms in total. The summed E-state index contributed by atoms with van der Waals surface area (Å²) < 4.78 is 0. The van der Waals surface area contributed by atoms with Crippen molar-refractivity contribution in [3.05, 3.63) is 0 Å². The van der Waals surface area contributed by atoms with Crippen LogP contribution in [0.2, 0.25) is 0 Å². The lowest BCUT2D eigenvalue weighted by Gasteiger charge is -2.57. The fourth-order valence-corrected chi connectivity index (χ4v) is 12.7.